The molecule has 1 fully saturated rings. The molecule has 1 aliphatic carbocycles. The molecular weight excluding hydrogens is 236 g/mol. The summed E-state index contributed by atoms with van der Waals surface area (Å²) in [6.45, 7) is 1.41. The number of para-hydroxylation sites is 1. The molecule has 0 spiro atoms. The minimum absolute atomic E-state index is 0. The van der Waals surface area contributed by atoms with Crippen LogP contribution in [0.2, 0.25) is 0 Å². The SMILES string of the molecule is CN(C(=O)CNCC1CC1)c1ccccc1.Cl. The lowest BCUT2D eigenvalue weighted by Crippen LogP contribution is -2.36. The van der Waals surface area contributed by atoms with Crippen LogP contribution in [0.1, 0.15) is 12.8 Å². The Labute approximate surface area is 109 Å². The molecule has 1 amide bonds. The molecule has 1 N–H and O–H groups in total. The van der Waals surface area contributed by atoms with E-state index in [4.69, 9.17) is 0 Å². The van der Waals surface area contributed by atoms with Gasteiger partial charge in [0, 0.05) is 12.7 Å². The highest BCUT2D eigenvalue weighted by Crippen LogP contribution is 2.27. The van der Waals surface area contributed by atoms with Crippen LogP contribution in [0.3, 0.4) is 0 Å². The van der Waals surface area contributed by atoms with Crippen molar-refractivity contribution in [3.05, 3.63) is 30.3 Å². The maximum atomic E-state index is 11.8. The van der Waals surface area contributed by atoms with E-state index in [0.717, 1.165) is 18.2 Å². The summed E-state index contributed by atoms with van der Waals surface area (Å²) in [5.74, 6) is 0.932. The lowest BCUT2D eigenvalue weighted by atomic mass is 10.3. The van der Waals surface area contributed by atoms with Crippen molar-refractivity contribution in [2.24, 2.45) is 5.92 Å². The number of benzene rings is 1. The molecule has 0 atom stereocenters. The van der Waals surface area contributed by atoms with Crippen LogP contribution in [0.4, 0.5) is 5.69 Å². The summed E-state index contributed by atoms with van der Waals surface area (Å²) in [6.07, 6.45) is 2.63. The zero-order valence-corrected chi connectivity index (χ0v) is 10.9. The molecule has 0 aromatic heterocycles. The Morgan fingerprint density at radius 3 is 2.59 bits per heavy atom. The highest BCUT2D eigenvalue weighted by Gasteiger charge is 2.21. The number of likely N-dealkylation sites (N-methyl/N-ethyl adjacent to an activating group) is 1. The highest BCUT2D eigenvalue weighted by molar-refractivity contribution is 5.94. The van der Waals surface area contributed by atoms with Gasteiger partial charge >= 0.3 is 0 Å². The number of hydrogen-bond acceptors (Lipinski definition) is 2. The third-order valence-corrected chi connectivity index (χ3v) is 2.92. The van der Waals surface area contributed by atoms with Crippen molar-refractivity contribution in [3.63, 3.8) is 0 Å². The summed E-state index contributed by atoms with van der Waals surface area (Å²) in [4.78, 5) is 13.5. The van der Waals surface area contributed by atoms with Crippen molar-refractivity contribution < 1.29 is 4.79 Å². The number of nitrogens with one attached hydrogen (secondary N) is 1. The number of rotatable bonds is 5. The van der Waals surface area contributed by atoms with Crippen molar-refractivity contribution >= 4 is 24.0 Å². The lowest BCUT2D eigenvalue weighted by molar-refractivity contribution is -0.117. The molecule has 1 aliphatic rings. The summed E-state index contributed by atoms with van der Waals surface area (Å²) < 4.78 is 0. The standard InChI is InChI=1S/C13H18N2O.ClH/c1-15(12-5-3-2-4-6-12)13(16)10-14-9-11-7-8-11;/h2-6,11,14H,7-10H2,1H3;1H. The van der Waals surface area contributed by atoms with Crippen molar-refractivity contribution in [2.75, 3.05) is 25.0 Å². The van der Waals surface area contributed by atoms with Gasteiger partial charge in [-0.05, 0) is 37.4 Å². The molecule has 0 heterocycles. The molecule has 0 bridgehead atoms. The van der Waals surface area contributed by atoms with Crippen LogP contribution in [0.5, 0.6) is 0 Å². The molecule has 1 aromatic rings. The fourth-order valence-electron chi connectivity index (χ4n) is 1.62. The smallest absolute Gasteiger partial charge is 0.240 e. The number of halogens is 1. The molecule has 1 aromatic carbocycles. The van der Waals surface area contributed by atoms with Gasteiger partial charge < -0.3 is 10.2 Å². The number of carbonyl (C=O) groups excluding carboxylic acids is 1. The van der Waals surface area contributed by atoms with Crippen LogP contribution < -0.4 is 10.2 Å². The zero-order chi connectivity index (χ0) is 11.4. The molecule has 0 unspecified atom stereocenters. The second-order valence-corrected chi connectivity index (χ2v) is 4.36. The lowest BCUT2D eigenvalue weighted by Gasteiger charge is -2.17. The molecule has 17 heavy (non-hydrogen) atoms. The summed E-state index contributed by atoms with van der Waals surface area (Å²) in [6, 6.07) is 9.72. The van der Waals surface area contributed by atoms with Gasteiger partial charge in [-0.15, -0.1) is 12.4 Å². The average molecular weight is 255 g/mol. The van der Waals surface area contributed by atoms with Crippen molar-refractivity contribution in [1.82, 2.24) is 5.32 Å². The van der Waals surface area contributed by atoms with E-state index in [1.165, 1.54) is 12.8 Å². The number of carbonyl (C=O) groups is 1. The molecule has 94 valence electrons. The number of hydrogen-bond donors (Lipinski definition) is 1. The first-order valence-electron chi connectivity index (χ1n) is 5.79. The van der Waals surface area contributed by atoms with Gasteiger partial charge in [0.25, 0.3) is 0 Å². The van der Waals surface area contributed by atoms with Crippen LogP contribution >= 0.6 is 12.4 Å². The Hall–Kier alpha value is -1.06. The fourth-order valence-corrected chi connectivity index (χ4v) is 1.62. The molecule has 0 radical (unpaired) electrons. The van der Waals surface area contributed by atoms with Crippen LogP contribution in [0.25, 0.3) is 0 Å². The summed E-state index contributed by atoms with van der Waals surface area (Å²) >= 11 is 0. The Kier molecular flexibility index (Phi) is 5.45. The fraction of sp³-hybridized carbons (Fsp3) is 0.462. The van der Waals surface area contributed by atoms with E-state index >= 15 is 0 Å². The number of anilines is 1. The van der Waals surface area contributed by atoms with Gasteiger partial charge in [-0.1, -0.05) is 18.2 Å². The van der Waals surface area contributed by atoms with E-state index in [9.17, 15) is 4.79 Å². The first-order chi connectivity index (χ1) is 7.77. The van der Waals surface area contributed by atoms with Crippen LogP contribution in [0.15, 0.2) is 30.3 Å². The van der Waals surface area contributed by atoms with Crippen molar-refractivity contribution in [2.45, 2.75) is 12.8 Å². The molecule has 4 heteroatoms. The summed E-state index contributed by atoms with van der Waals surface area (Å²) in [5, 5.41) is 3.21. The van der Waals surface area contributed by atoms with E-state index in [-0.39, 0.29) is 18.3 Å². The highest BCUT2D eigenvalue weighted by atomic mass is 35.5. The van der Waals surface area contributed by atoms with Gasteiger partial charge in [0.05, 0.1) is 6.54 Å². The molecule has 2 rings (SSSR count). The predicted molar refractivity (Wildman–Crippen MR) is 72.7 cm³/mol. The zero-order valence-electron chi connectivity index (χ0n) is 10.1. The van der Waals surface area contributed by atoms with Gasteiger partial charge in [0.1, 0.15) is 0 Å². The van der Waals surface area contributed by atoms with E-state index in [0.29, 0.717) is 6.54 Å². The molecule has 0 saturated heterocycles. The summed E-state index contributed by atoms with van der Waals surface area (Å²) in [5.41, 5.74) is 0.945. The molecule has 0 aliphatic heterocycles. The molecule has 3 nitrogen and oxygen atoms in total. The van der Waals surface area contributed by atoms with Crippen LogP contribution in [-0.4, -0.2) is 26.0 Å². The van der Waals surface area contributed by atoms with Gasteiger partial charge in [-0.2, -0.15) is 0 Å². The minimum Gasteiger partial charge on any atom is -0.314 e. The van der Waals surface area contributed by atoms with Crippen LogP contribution in [0, 0.1) is 5.92 Å². The number of amides is 1. The normalized spacial score (nSPS) is 13.9. The first kappa shape index (κ1) is 14.0. The van der Waals surface area contributed by atoms with Crippen molar-refractivity contribution in [3.8, 4) is 0 Å². The second kappa shape index (κ2) is 6.62. The summed E-state index contributed by atoms with van der Waals surface area (Å²) in [7, 11) is 1.82. The molecular formula is C13H19ClN2O. The maximum absolute atomic E-state index is 11.8. The molecule has 1 saturated carbocycles. The second-order valence-electron chi connectivity index (χ2n) is 4.36. The van der Waals surface area contributed by atoms with Crippen molar-refractivity contribution in [1.29, 1.82) is 0 Å². The predicted octanol–water partition coefficient (Wildman–Crippen LogP) is 2.07. The minimum atomic E-state index is 0. The number of nitrogens with zero attached hydrogens (tertiary/aromatic N) is 1. The van der Waals surface area contributed by atoms with Crippen LogP contribution in [-0.2, 0) is 4.79 Å². The topological polar surface area (TPSA) is 32.3 Å². The third-order valence-electron chi connectivity index (χ3n) is 2.92. The van der Waals surface area contributed by atoms with E-state index in [1.54, 1.807) is 4.90 Å². The first-order valence-corrected chi connectivity index (χ1v) is 5.79. The largest absolute Gasteiger partial charge is 0.314 e. The quantitative estimate of drug-likeness (QED) is 0.873. The monoisotopic (exact) mass is 254 g/mol. The Balaban J connectivity index is 0.00000144. The third kappa shape index (κ3) is 4.36. The van der Waals surface area contributed by atoms with Gasteiger partial charge in [-0.25, -0.2) is 0 Å². The Bertz CT molecular complexity index is 352. The Morgan fingerprint density at radius 2 is 2.00 bits per heavy atom. The Morgan fingerprint density at radius 1 is 1.35 bits per heavy atom. The van der Waals surface area contributed by atoms with Gasteiger partial charge in [0.2, 0.25) is 5.91 Å². The van der Waals surface area contributed by atoms with Gasteiger partial charge in [0.15, 0.2) is 0 Å². The van der Waals surface area contributed by atoms with Gasteiger partial charge in [-0.3, -0.25) is 4.79 Å². The van der Waals surface area contributed by atoms with E-state index < -0.39 is 0 Å². The maximum Gasteiger partial charge on any atom is 0.240 e. The average Bonchev–Trinajstić information content (AvgIpc) is 3.13. The van der Waals surface area contributed by atoms with E-state index in [1.807, 2.05) is 37.4 Å². The van der Waals surface area contributed by atoms with E-state index in [2.05, 4.69) is 5.32 Å².